The molecule has 0 aliphatic heterocycles. The molecule has 0 radical (unpaired) electrons. The van der Waals surface area contributed by atoms with Gasteiger partial charge in [-0.2, -0.15) is 0 Å². The van der Waals surface area contributed by atoms with Crippen molar-refractivity contribution in [2.75, 3.05) is 6.61 Å². The van der Waals surface area contributed by atoms with E-state index in [4.69, 9.17) is 13.0 Å². The molecule has 0 heterocycles. The van der Waals surface area contributed by atoms with Crippen LogP contribution in [0.15, 0.2) is 0 Å². The predicted molar refractivity (Wildman–Crippen MR) is 92.3 cm³/mol. The number of hydrogen-bond donors (Lipinski definition) is 1. The predicted octanol–water partition coefficient (Wildman–Crippen LogP) is 3.02. The lowest BCUT2D eigenvalue weighted by molar-refractivity contribution is 0.00813. The lowest BCUT2D eigenvalue weighted by atomic mass is 10.3. The van der Waals surface area contributed by atoms with Crippen LogP contribution in [-0.2, 0) is 13.0 Å². The Morgan fingerprint density at radius 3 is 1.65 bits per heavy atom. The van der Waals surface area contributed by atoms with Gasteiger partial charge in [-0.15, -0.1) is 0 Å². The summed E-state index contributed by atoms with van der Waals surface area (Å²) in [6.45, 7) is 17.6. The topological polar surface area (TPSA) is 47.9 Å². The van der Waals surface area contributed by atoms with Crippen molar-refractivity contribution in [2.24, 2.45) is 0 Å². The highest BCUT2D eigenvalue weighted by Crippen LogP contribution is 2.17. The fraction of sp³-hybridized carbons (Fsp3) is 1.00. The molecule has 7 heteroatoms. The highest BCUT2D eigenvalue weighted by molar-refractivity contribution is 6.81. The summed E-state index contributed by atoms with van der Waals surface area (Å²) in [6.07, 6.45) is 1.20. The molecule has 0 aromatic rings. The molecule has 122 valence electrons. The van der Waals surface area contributed by atoms with Gasteiger partial charge < -0.3 is 18.1 Å². The first-order valence-electron chi connectivity index (χ1n) is 7.63. The second kappa shape index (κ2) is 8.82. The Morgan fingerprint density at radius 2 is 1.35 bits per heavy atom. The normalized spacial score (nSPS) is 16.5. The van der Waals surface area contributed by atoms with Gasteiger partial charge in [0.15, 0.2) is 16.6 Å². The molecule has 0 aliphatic rings. The first kappa shape index (κ1) is 20.5. The van der Waals surface area contributed by atoms with Crippen molar-refractivity contribution in [3.63, 3.8) is 0 Å². The van der Waals surface area contributed by atoms with E-state index in [1.807, 2.05) is 6.92 Å². The summed E-state index contributed by atoms with van der Waals surface area (Å²) in [5, 5.41) is 9.68. The minimum absolute atomic E-state index is 0.0228. The van der Waals surface area contributed by atoms with Gasteiger partial charge in [-0.25, -0.2) is 0 Å². The van der Waals surface area contributed by atoms with E-state index >= 15 is 0 Å². The summed E-state index contributed by atoms with van der Waals surface area (Å²) >= 11 is 0. The minimum Gasteiger partial charge on any atom is -0.437 e. The zero-order valence-corrected chi connectivity index (χ0v) is 17.7. The van der Waals surface area contributed by atoms with Crippen LogP contribution in [0.1, 0.15) is 26.7 Å². The molecule has 0 aliphatic carbocycles. The van der Waals surface area contributed by atoms with E-state index in [9.17, 15) is 5.11 Å². The molecule has 4 nitrogen and oxygen atoms in total. The summed E-state index contributed by atoms with van der Waals surface area (Å²) in [6, 6.07) is 0. The Bertz CT molecular complexity index is 247. The molecule has 20 heavy (non-hydrogen) atoms. The lowest BCUT2D eigenvalue weighted by Crippen LogP contribution is -2.51. The van der Waals surface area contributed by atoms with E-state index in [0.29, 0.717) is 13.0 Å². The Balaban J connectivity index is 4.76. The van der Waals surface area contributed by atoms with E-state index in [2.05, 4.69) is 46.2 Å². The molecular weight excluding hydrogens is 304 g/mol. The molecule has 0 saturated carbocycles. The van der Waals surface area contributed by atoms with Crippen LogP contribution in [-0.4, -0.2) is 49.5 Å². The zero-order chi connectivity index (χ0) is 16.0. The fourth-order valence-corrected chi connectivity index (χ4v) is 9.68. The molecule has 0 rings (SSSR count). The van der Waals surface area contributed by atoms with Crippen molar-refractivity contribution in [2.45, 2.75) is 77.8 Å². The number of aliphatic hydroxyl groups excluding tert-OH is 1. The van der Waals surface area contributed by atoms with Crippen LogP contribution in [0.5, 0.6) is 0 Å². The SMILES string of the molecule is CCC(O)COC(CC)[SiH](O[Si](C)(C)C)O[Si](C)(C)C. The van der Waals surface area contributed by atoms with Gasteiger partial charge in [-0.05, 0) is 52.1 Å². The van der Waals surface area contributed by atoms with Gasteiger partial charge in [0, 0.05) is 0 Å². The fourth-order valence-electron chi connectivity index (χ4n) is 1.61. The van der Waals surface area contributed by atoms with Crippen LogP contribution in [0.4, 0.5) is 0 Å². The summed E-state index contributed by atoms with van der Waals surface area (Å²) in [5.74, 6) is 0. The summed E-state index contributed by atoms with van der Waals surface area (Å²) in [4.78, 5) is 0. The molecule has 0 saturated heterocycles. The van der Waals surface area contributed by atoms with E-state index < -0.39 is 32.0 Å². The Morgan fingerprint density at radius 1 is 0.900 bits per heavy atom. The summed E-state index contributed by atoms with van der Waals surface area (Å²) in [5.41, 5.74) is 0.0228. The van der Waals surface area contributed by atoms with Crippen molar-refractivity contribution < 1.29 is 18.1 Å². The van der Waals surface area contributed by atoms with Crippen molar-refractivity contribution in [1.29, 1.82) is 0 Å². The standard InChI is InChI=1S/C13H34O4Si3/c1-9-12(14)11-15-13(10-2)18(16-19(3,4)5)17-20(6,7)8/h12-14,18H,9-11H2,1-8H3. The highest BCUT2D eigenvalue weighted by atomic mass is 28.4. The molecule has 1 N–H and O–H groups in total. The van der Waals surface area contributed by atoms with Crippen LogP contribution in [0.3, 0.4) is 0 Å². The van der Waals surface area contributed by atoms with Crippen LogP contribution >= 0.6 is 0 Å². The average Bonchev–Trinajstić information content (AvgIpc) is 2.24. The van der Waals surface area contributed by atoms with Crippen molar-refractivity contribution in [3.05, 3.63) is 0 Å². The molecule has 0 aromatic heterocycles. The van der Waals surface area contributed by atoms with E-state index in [1.165, 1.54) is 0 Å². The van der Waals surface area contributed by atoms with Gasteiger partial charge in [0.05, 0.1) is 18.4 Å². The quantitative estimate of drug-likeness (QED) is 0.622. The number of rotatable bonds is 10. The van der Waals surface area contributed by atoms with E-state index in [-0.39, 0.29) is 5.73 Å². The van der Waals surface area contributed by atoms with Crippen molar-refractivity contribution in [1.82, 2.24) is 0 Å². The molecule has 0 aromatic carbocycles. The second-order valence-electron chi connectivity index (χ2n) is 7.17. The maximum atomic E-state index is 9.68. The number of aliphatic hydroxyl groups is 1. The number of hydrogen-bond acceptors (Lipinski definition) is 4. The molecule has 0 amide bonds. The van der Waals surface area contributed by atoms with Crippen LogP contribution < -0.4 is 0 Å². The van der Waals surface area contributed by atoms with Gasteiger partial charge in [0.2, 0.25) is 0 Å². The molecule has 0 spiro atoms. The number of ether oxygens (including phenoxy) is 1. The minimum atomic E-state index is -1.88. The Hall–Kier alpha value is 0.491. The van der Waals surface area contributed by atoms with Crippen LogP contribution in [0.2, 0.25) is 39.3 Å². The lowest BCUT2D eigenvalue weighted by Gasteiger charge is -2.35. The van der Waals surface area contributed by atoms with Gasteiger partial charge >= 0.3 is 9.28 Å². The molecule has 0 fully saturated rings. The van der Waals surface area contributed by atoms with Crippen molar-refractivity contribution >= 4 is 25.9 Å². The molecular formula is C13H34O4Si3. The first-order valence-corrected chi connectivity index (χ1v) is 16.1. The van der Waals surface area contributed by atoms with Gasteiger partial charge in [-0.1, -0.05) is 13.8 Å². The average molecular weight is 339 g/mol. The second-order valence-corrected chi connectivity index (χ2v) is 19.0. The summed E-state index contributed by atoms with van der Waals surface area (Å²) < 4.78 is 18.5. The van der Waals surface area contributed by atoms with Crippen LogP contribution in [0, 0.1) is 0 Å². The largest absolute Gasteiger partial charge is 0.437 e. The third-order valence-corrected chi connectivity index (χ3v) is 11.4. The first-order chi connectivity index (χ1) is 8.98. The van der Waals surface area contributed by atoms with Crippen LogP contribution in [0.25, 0.3) is 0 Å². The Labute approximate surface area is 128 Å². The maximum Gasteiger partial charge on any atom is 0.330 e. The smallest absolute Gasteiger partial charge is 0.330 e. The molecule has 0 bridgehead atoms. The highest BCUT2D eigenvalue weighted by Gasteiger charge is 2.35. The third kappa shape index (κ3) is 10.3. The van der Waals surface area contributed by atoms with Gasteiger partial charge in [-0.3, -0.25) is 0 Å². The Kier molecular flexibility index (Phi) is 9.03. The van der Waals surface area contributed by atoms with Crippen molar-refractivity contribution in [3.8, 4) is 0 Å². The monoisotopic (exact) mass is 338 g/mol. The van der Waals surface area contributed by atoms with Gasteiger partial charge in [0.1, 0.15) is 0 Å². The van der Waals surface area contributed by atoms with E-state index in [0.717, 1.165) is 6.42 Å². The summed E-state index contributed by atoms with van der Waals surface area (Å²) in [7, 11) is -5.17. The molecule has 2 atom stereocenters. The maximum absolute atomic E-state index is 9.68. The van der Waals surface area contributed by atoms with E-state index in [1.54, 1.807) is 0 Å². The molecule has 2 unspecified atom stereocenters. The third-order valence-electron chi connectivity index (χ3n) is 2.62. The van der Waals surface area contributed by atoms with Gasteiger partial charge in [0.25, 0.3) is 0 Å². The zero-order valence-electron chi connectivity index (χ0n) is 14.5.